The number of carbonyl (C=O) groups is 1. The van der Waals surface area contributed by atoms with Crippen LogP contribution in [0.2, 0.25) is 0 Å². The third kappa shape index (κ3) is 1.59. The first-order valence-electron chi connectivity index (χ1n) is 4.98. The molecule has 0 radical (unpaired) electrons. The van der Waals surface area contributed by atoms with Crippen molar-refractivity contribution in [3.05, 3.63) is 53.2 Å². The standard InChI is InChI=1S/C13H13NO/c1-3-11-9(2)12(13(15)14-11)10-7-5-4-6-8-10/h3-8H,1-2H3,(H,14,15)/b11-3-. The molecule has 1 aromatic rings. The van der Waals surface area contributed by atoms with Crippen LogP contribution < -0.4 is 5.32 Å². The third-order valence-corrected chi connectivity index (χ3v) is 2.61. The van der Waals surface area contributed by atoms with Crippen LogP contribution in [0.4, 0.5) is 0 Å². The first-order chi connectivity index (χ1) is 7.24. The van der Waals surface area contributed by atoms with Crippen LogP contribution in [0.1, 0.15) is 19.4 Å². The summed E-state index contributed by atoms with van der Waals surface area (Å²) in [7, 11) is 0. The van der Waals surface area contributed by atoms with Crippen molar-refractivity contribution < 1.29 is 4.79 Å². The van der Waals surface area contributed by atoms with Gasteiger partial charge in [-0.25, -0.2) is 0 Å². The topological polar surface area (TPSA) is 29.1 Å². The van der Waals surface area contributed by atoms with E-state index >= 15 is 0 Å². The van der Waals surface area contributed by atoms with Crippen molar-refractivity contribution in [1.82, 2.24) is 5.32 Å². The highest BCUT2D eigenvalue weighted by molar-refractivity contribution is 6.24. The molecule has 15 heavy (non-hydrogen) atoms. The zero-order valence-corrected chi connectivity index (χ0v) is 8.87. The Balaban J connectivity index is 2.54. The zero-order chi connectivity index (χ0) is 10.8. The Bertz CT molecular complexity index is 455. The van der Waals surface area contributed by atoms with Gasteiger partial charge >= 0.3 is 0 Å². The second kappa shape index (κ2) is 3.73. The van der Waals surface area contributed by atoms with Crippen molar-refractivity contribution in [3.63, 3.8) is 0 Å². The zero-order valence-electron chi connectivity index (χ0n) is 8.87. The first kappa shape index (κ1) is 9.71. The summed E-state index contributed by atoms with van der Waals surface area (Å²) in [5.41, 5.74) is 3.70. The summed E-state index contributed by atoms with van der Waals surface area (Å²) in [6.45, 7) is 3.89. The molecule has 0 unspecified atom stereocenters. The van der Waals surface area contributed by atoms with Crippen LogP contribution in [0.25, 0.3) is 5.57 Å². The van der Waals surface area contributed by atoms with Gasteiger partial charge in [0.25, 0.3) is 5.91 Å². The maximum Gasteiger partial charge on any atom is 0.256 e. The Morgan fingerprint density at radius 1 is 1.20 bits per heavy atom. The van der Waals surface area contributed by atoms with Crippen LogP contribution in [0, 0.1) is 0 Å². The fourth-order valence-corrected chi connectivity index (χ4v) is 1.82. The number of nitrogens with one attached hydrogen (secondary N) is 1. The number of carbonyl (C=O) groups excluding carboxylic acids is 1. The molecule has 0 saturated carbocycles. The molecule has 0 saturated heterocycles. The van der Waals surface area contributed by atoms with Crippen molar-refractivity contribution in [1.29, 1.82) is 0 Å². The molecule has 1 aliphatic heterocycles. The molecule has 0 atom stereocenters. The summed E-state index contributed by atoms with van der Waals surface area (Å²) < 4.78 is 0. The van der Waals surface area contributed by atoms with Crippen LogP contribution in [0.3, 0.4) is 0 Å². The van der Waals surface area contributed by atoms with E-state index in [1.807, 2.05) is 50.3 Å². The SMILES string of the molecule is C/C=C1\NC(=O)C(c2ccccc2)=C1C. The molecule has 2 rings (SSSR count). The lowest BCUT2D eigenvalue weighted by molar-refractivity contribution is -0.114. The molecule has 1 aromatic carbocycles. The molecule has 76 valence electrons. The quantitative estimate of drug-likeness (QED) is 0.739. The third-order valence-electron chi connectivity index (χ3n) is 2.61. The van der Waals surface area contributed by atoms with Crippen LogP contribution in [-0.2, 0) is 4.79 Å². The van der Waals surface area contributed by atoms with Gasteiger partial charge in [0, 0.05) is 5.70 Å². The molecule has 0 spiro atoms. The van der Waals surface area contributed by atoms with E-state index in [-0.39, 0.29) is 5.91 Å². The molecular weight excluding hydrogens is 186 g/mol. The van der Waals surface area contributed by atoms with E-state index in [1.165, 1.54) is 0 Å². The van der Waals surface area contributed by atoms with Gasteiger partial charge in [-0.3, -0.25) is 4.79 Å². The second-order valence-electron chi connectivity index (χ2n) is 3.52. The molecule has 0 bridgehead atoms. The summed E-state index contributed by atoms with van der Waals surface area (Å²) in [5, 5.41) is 2.85. The van der Waals surface area contributed by atoms with E-state index in [2.05, 4.69) is 5.32 Å². The van der Waals surface area contributed by atoms with Gasteiger partial charge in [0.2, 0.25) is 0 Å². The van der Waals surface area contributed by atoms with Crippen LogP contribution >= 0.6 is 0 Å². The van der Waals surface area contributed by atoms with Crippen LogP contribution in [-0.4, -0.2) is 5.91 Å². The summed E-state index contributed by atoms with van der Waals surface area (Å²) >= 11 is 0. The fourth-order valence-electron chi connectivity index (χ4n) is 1.82. The number of amides is 1. The maximum atomic E-state index is 11.7. The monoisotopic (exact) mass is 199 g/mol. The molecule has 0 aliphatic carbocycles. The van der Waals surface area contributed by atoms with Gasteiger partial charge < -0.3 is 5.32 Å². The van der Waals surface area contributed by atoms with Gasteiger partial charge in [-0.15, -0.1) is 0 Å². The lowest BCUT2D eigenvalue weighted by Gasteiger charge is -2.00. The lowest BCUT2D eigenvalue weighted by Crippen LogP contribution is -2.15. The molecule has 1 N–H and O–H groups in total. The van der Waals surface area contributed by atoms with Crippen molar-refractivity contribution >= 4 is 11.5 Å². The van der Waals surface area contributed by atoms with Gasteiger partial charge in [0.1, 0.15) is 0 Å². The van der Waals surface area contributed by atoms with E-state index < -0.39 is 0 Å². The van der Waals surface area contributed by atoms with E-state index in [4.69, 9.17) is 0 Å². The van der Waals surface area contributed by atoms with Crippen molar-refractivity contribution in [3.8, 4) is 0 Å². The van der Waals surface area contributed by atoms with E-state index in [0.717, 1.165) is 22.4 Å². The van der Waals surface area contributed by atoms with Crippen molar-refractivity contribution in [2.45, 2.75) is 13.8 Å². The predicted octanol–water partition coefficient (Wildman–Crippen LogP) is 2.49. The number of hydrogen-bond acceptors (Lipinski definition) is 1. The van der Waals surface area contributed by atoms with Crippen LogP contribution in [0.5, 0.6) is 0 Å². The molecular formula is C13H13NO. The second-order valence-corrected chi connectivity index (χ2v) is 3.52. The maximum absolute atomic E-state index is 11.7. The van der Waals surface area contributed by atoms with Gasteiger partial charge in [-0.2, -0.15) is 0 Å². The Kier molecular flexibility index (Phi) is 2.42. The number of allylic oxidation sites excluding steroid dienone is 2. The van der Waals surface area contributed by atoms with Gasteiger partial charge in [0.05, 0.1) is 5.57 Å². The highest BCUT2D eigenvalue weighted by atomic mass is 16.2. The smallest absolute Gasteiger partial charge is 0.256 e. The van der Waals surface area contributed by atoms with E-state index in [0.29, 0.717) is 0 Å². The first-order valence-corrected chi connectivity index (χ1v) is 4.98. The average molecular weight is 199 g/mol. The van der Waals surface area contributed by atoms with Gasteiger partial charge in [-0.1, -0.05) is 36.4 Å². The minimum absolute atomic E-state index is 0.00759. The Morgan fingerprint density at radius 2 is 1.87 bits per heavy atom. The highest BCUT2D eigenvalue weighted by Gasteiger charge is 2.24. The molecule has 1 aliphatic rings. The average Bonchev–Trinajstić information content (AvgIpc) is 2.55. The molecule has 0 aromatic heterocycles. The summed E-state index contributed by atoms with van der Waals surface area (Å²) in [4.78, 5) is 11.7. The Hall–Kier alpha value is -1.83. The Morgan fingerprint density at radius 3 is 2.40 bits per heavy atom. The molecule has 0 fully saturated rings. The summed E-state index contributed by atoms with van der Waals surface area (Å²) in [6, 6.07) is 9.74. The predicted molar refractivity (Wildman–Crippen MR) is 60.9 cm³/mol. The van der Waals surface area contributed by atoms with E-state index in [9.17, 15) is 4.79 Å². The largest absolute Gasteiger partial charge is 0.322 e. The molecule has 2 nitrogen and oxygen atoms in total. The fraction of sp³-hybridized carbons (Fsp3) is 0.154. The Labute approximate surface area is 89.3 Å². The minimum Gasteiger partial charge on any atom is -0.322 e. The summed E-state index contributed by atoms with van der Waals surface area (Å²) in [5.74, 6) is -0.00759. The van der Waals surface area contributed by atoms with Crippen molar-refractivity contribution in [2.75, 3.05) is 0 Å². The van der Waals surface area contributed by atoms with Crippen LogP contribution in [0.15, 0.2) is 47.7 Å². The summed E-state index contributed by atoms with van der Waals surface area (Å²) in [6.07, 6.45) is 1.92. The molecule has 1 amide bonds. The number of rotatable bonds is 1. The highest BCUT2D eigenvalue weighted by Crippen LogP contribution is 2.27. The normalized spacial score (nSPS) is 18.5. The minimum atomic E-state index is -0.00759. The number of hydrogen-bond donors (Lipinski definition) is 1. The van der Waals surface area contributed by atoms with Gasteiger partial charge in [0.15, 0.2) is 0 Å². The number of benzene rings is 1. The lowest BCUT2D eigenvalue weighted by atomic mass is 10.0. The van der Waals surface area contributed by atoms with E-state index in [1.54, 1.807) is 0 Å². The molecule has 2 heteroatoms. The molecule has 1 heterocycles. The van der Waals surface area contributed by atoms with Gasteiger partial charge in [-0.05, 0) is 25.0 Å². The van der Waals surface area contributed by atoms with Crippen molar-refractivity contribution in [2.24, 2.45) is 0 Å².